The third kappa shape index (κ3) is 2.80. The summed E-state index contributed by atoms with van der Waals surface area (Å²) in [7, 11) is 0. The number of halogens is 1. The first-order valence-electron chi connectivity index (χ1n) is 4.99. The summed E-state index contributed by atoms with van der Waals surface area (Å²) in [4.78, 5) is 26.1. The van der Waals surface area contributed by atoms with E-state index >= 15 is 0 Å². The summed E-state index contributed by atoms with van der Waals surface area (Å²) in [5.41, 5.74) is 5.54. The number of hydrogen-bond acceptors (Lipinski definition) is 5. The van der Waals surface area contributed by atoms with Gasteiger partial charge in [0.1, 0.15) is 0 Å². The van der Waals surface area contributed by atoms with Gasteiger partial charge in [-0.2, -0.15) is 4.98 Å². The quantitative estimate of drug-likeness (QED) is 0.663. The molecule has 0 unspecified atom stereocenters. The van der Waals surface area contributed by atoms with Crippen molar-refractivity contribution < 1.29 is 14.7 Å². The van der Waals surface area contributed by atoms with Gasteiger partial charge in [-0.3, -0.25) is 9.89 Å². The van der Waals surface area contributed by atoms with Crippen LogP contribution in [-0.4, -0.2) is 32.2 Å². The maximum absolute atomic E-state index is 11.7. The van der Waals surface area contributed by atoms with Gasteiger partial charge >= 0.3 is 5.97 Å². The number of aromatic nitrogens is 3. The van der Waals surface area contributed by atoms with E-state index in [9.17, 15) is 9.59 Å². The van der Waals surface area contributed by atoms with Crippen LogP contribution in [0.2, 0.25) is 5.02 Å². The Balaban J connectivity index is 2.20. The number of nitrogen functional groups attached to an aromatic ring is 1. The molecule has 9 heteroatoms. The molecule has 0 saturated carbocycles. The topological polar surface area (TPSA) is 134 Å². The molecule has 0 atom stereocenters. The molecule has 0 spiro atoms. The van der Waals surface area contributed by atoms with Crippen LogP contribution >= 0.6 is 11.6 Å². The molecule has 1 aromatic carbocycles. The van der Waals surface area contributed by atoms with E-state index in [4.69, 9.17) is 22.4 Å². The zero-order chi connectivity index (χ0) is 14.0. The summed E-state index contributed by atoms with van der Waals surface area (Å²) < 4.78 is 0. The van der Waals surface area contributed by atoms with E-state index in [1.807, 2.05) is 0 Å². The number of aromatic carboxylic acids is 1. The van der Waals surface area contributed by atoms with Crippen molar-refractivity contribution in [2.45, 2.75) is 0 Å². The van der Waals surface area contributed by atoms with Gasteiger partial charge in [0, 0.05) is 0 Å². The second-order valence-corrected chi connectivity index (χ2v) is 3.90. The van der Waals surface area contributed by atoms with E-state index in [0.717, 1.165) is 0 Å². The number of nitrogens with one attached hydrogen (secondary N) is 2. The summed E-state index contributed by atoms with van der Waals surface area (Å²) in [5, 5.41) is 17.2. The monoisotopic (exact) mass is 281 g/mol. The fourth-order valence-corrected chi connectivity index (χ4v) is 1.54. The van der Waals surface area contributed by atoms with Gasteiger partial charge in [-0.15, -0.1) is 5.10 Å². The Labute approximate surface area is 111 Å². The molecule has 0 fully saturated rings. The van der Waals surface area contributed by atoms with Gasteiger partial charge in [-0.05, 0) is 18.2 Å². The Bertz CT molecular complexity index is 654. The minimum absolute atomic E-state index is 0.0203. The van der Waals surface area contributed by atoms with Crippen LogP contribution in [0, 0.1) is 0 Å². The highest BCUT2D eigenvalue weighted by atomic mass is 35.5. The molecule has 8 nitrogen and oxygen atoms in total. The highest BCUT2D eigenvalue weighted by Gasteiger charge is 2.13. The number of benzene rings is 1. The minimum atomic E-state index is -1.11. The molecule has 0 bridgehead atoms. The van der Waals surface area contributed by atoms with E-state index in [1.54, 1.807) is 0 Å². The molecule has 0 aliphatic rings. The second kappa shape index (κ2) is 4.94. The summed E-state index contributed by atoms with van der Waals surface area (Å²) in [5.74, 6) is -1.83. The third-order valence-electron chi connectivity index (χ3n) is 2.18. The maximum atomic E-state index is 11.7. The number of carboxylic acids is 1. The molecule has 1 amide bonds. The SMILES string of the molecule is Nc1n[nH]c(C(=O)Nc2ccc(C(=O)O)cc2Cl)n1. The van der Waals surface area contributed by atoms with E-state index in [0.29, 0.717) is 0 Å². The molecule has 1 aromatic heterocycles. The molecule has 0 radical (unpaired) electrons. The lowest BCUT2D eigenvalue weighted by Gasteiger charge is -2.06. The van der Waals surface area contributed by atoms with Crippen LogP contribution in [0.3, 0.4) is 0 Å². The predicted octanol–water partition coefficient (Wildman–Crippen LogP) is 0.991. The number of nitrogens with two attached hydrogens (primary N) is 1. The number of carbonyl (C=O) groups excluding carboxylic acids is 1. The van der Waals surface area contributed by atoms with Gasteiger partial charge in [0.2, 0.25) is 11.8 Å². The van der Waals surface area contributed by atoms with Gasteiger partial charge in [0.25, 0.3) is 5.91 Å². The van der Waals surface area contributed by atoms with Gasteiger partial charge in [0.05, 0.1) is 16.3 Å². The summed E-state index contributed by atoms with van der Waals surface area (Å²) in [6.07, 6.45) is 0. The van der Waals surface area contributed by atoms with E-state index in [1.165, 1.54) is 18.2 Å². The zero-order valence-corrected chi connectivity index (χ0v) is 10.1. The Morgan fingerprint density at radius 3 is 2.68 bits per heavy atom. The molecule has 19 heavy (non-hydrogen) atoms. The van der Waals surface area contributed by atoms with Crippen molar-refractivity contribution >= 4 is 35.1 Å². The number of nitrogens with zero attached hydrogens (tertiary/aromatic N) is 2. The van der Waals surface area contributed by atoms with Crippen molar-refractivity contribution in [2.24, 2.45) is 0 Å². The van der Waals surface area contributed by atoms with Crippen LogP contribution < -0.4 is 11.1 Å². The maximum Gasteiger partial charge on any atom is 0.335 e. The fraction of sp³-hybridized carbons (Fsp3) is 0. The molecule has 2 rings (SSSR count). The predicted molar refractivity (Wildman–Crippen MR) is 67.2 cm³/mol. The smallest absolute Gasteiger partial charge is 0.335 e. The molecule has 0 saturated heterocycles. The number of carbonyl (C=O) groups is 2. The van der Waals surface area contributed by atoms with Crippen molar-refractivity contribution in [1.29, 1.82) is 0 Å². The lowest BCUT2D eigenvalue weighted by Crippen LogP contribution is -2.14. The Morgan fingerprint density at radius 2 is 2.16 bits per heavy atom. The first kappa shape index (κ1) is 12.8. The standard InChI is InChI=1S/C10H8ClN5O3/c11-5-3-4(9(18)19)1-2-6(5)13-8(17)7-14-10(12)16-15-7/h1-3H,(H,13,17)(H,18,19)(H3,12,14,15,16). The van der Waals surface area contributed by atoms with Crippen LogP contribution in [0.1, 0.15) is 21.0 Å². The normalized spacial score (nSPS) is 10.2. The van der Waals surface area contributed by atoms with Crippen molar-refractivity contribution in [3.63, 3.8) is 0 Å². The molecule has 1 heterocycles. The molecule has 2 aromatic rings. The van der Waals surface area contributed by atoms with Crippen LogP contribution in [0.4, 0.5) is 11.6 Å². The molecular weight excluding hydrogens is 274 g/mol. The van der Waals surface area contributed by atoms with Crippen LogP contribution in [0.15, 0.2) is 18.2 Å². The first-order chi connectivity index (χ1) is 8.97. The van der Waals surface area contributed by atoms with E-state index in [2.05, 4.69) is 20.5 Å². The van der Waals surface area contributed by atoms with Crippen molar-refractivity contribution in [3.05, 3.63) is 34.6 Å². The highest BCUT2D eigenvalue weighted by Crippen LogP contribution is 2.23. The summed E-state index contributed by atoms with van der Waals surface area (Å²) >= 11 is 5.86. The number of rotatable bonds is 3. The summed E-state index contributed by atoms with van der Waals surface area (Å²) in [6.45, 7) is 0. The lowest BCUT2D eigenvalue weighted by molar-refractivity contribution is 0.0696. The van der Waals surface area contributed by atoms with E-state index < -0.39 is 11.9 Å². The molecule has 0 aliphatic heterocycles. The molecule has 5 N–H and O–H groups in total. The zero-order valence-electron chi connectivity index (χ0n) is 9.35. The van der Waals surface area contributed by atoms with Crippen LogP contribution in [0.25, 0.3) is 0 Å². The van der Waals surface area contributed by atoms with Gasteiger partial charge in [-0.25, -0.2) is 4.79 Å². The molecular formula is C10H8ClN5O3. The van der Waals surface area contributed by atoms with Crippen LogP contribution in [0.5, 0.6) is 0 Å². The fourth-order valence-electron chi connectivity index (χ4n) is 1.31. The van der Waals surface area contributed by atoms with Gasteiger partial charge in [-0.1, -0.05) is 11.6 Å². The molecule has 0 aliphatic carbocycles. The summed E-state index contributed by atoms with van der Waals surface area (Å²) in [6, 6.07) is 3.93. The number of H-pyrrole nitrogens is 1. The highest BCUT2D eigenvalue weighted by molar-refractivity contribution is 6.34. The lowest BCUT2D eigenvalue weighted by atomic mass is 10.2. The average Bonchev–Trinajstić information content (AvgIpc) is 2.78. The van der Waals surface area contributed by atoms with Gasteiger partial charge in [0.15, 0.2) is 0 Å². The van der Waals surface area contributed by atoms with Gasteiger partial charge < -0.3 is 16.2 Å². The minimum Gasteiger partial charge on any atom is -0.478 e. The number of hydrogen-bond donors (Lipinski definition) is 4. The second-order valence-electron chi connectivity index (χ2n) is 3.50. The number of amides is 1. The Morgan fingerprint density at radius 1 is 1.42 bits per heavy atom. The van der Waals surface area contributed by atoms with Crippen molar-refractivity contribution in [3.8, 4) is 0 Å². The Kier molecular flexibility index (Phi) is 3.34. The van der Waals surface area contributed by atoms with E-state index in [-0.39, 0.29) is 28.0 Å². The largest absolute Gasteiger partial charge is 0.478 e. The number of carboxylic acid groups (broad SMARTS) is 1. The first-order valence-corrected chi connectivity index (χ1v) is 5.37. The number of aromatic amines is 1. The number of anilines is 2. The van der Waals surface area contributed by atoms with Crippen molar-refractivity contribution in [2.75, 3.05) is 11.1 Å². The van der Waals surface area contributed by atoms with Crippen molar-refractivity contribution in [1.82, 2.24) is 15.2 Å². The third-order valence-corrected chi connectivity index (χ3v) is 2.49. The Hall–Kier alpha value is -2.61. The van der Waals surface area contributed by atoms with Crippen LogP contribution in [-0.2, 0) is 0 Å². The average molecular weight is 282 g/mol. The molecule has 98 valence electrons.